The molecule has 0 aliphatic heterocycles. The van der Waals surface area contributed by atoms with Crippen molar-refractivity contribution in [2.45, 2.75) is 6.42 Å². The molecule has 0 saturated carbocycles. The SMILES string of the molecule is N=C(N)NCCc1ccc(O)c([18F])c1. The van der Waals surface area contributed by atoms with Gasteiger partial charge in [0.1, 0.15) is 0 Å². The molecule has 0 amide bonds. The summed E-state index contributed by atoms with van der Waals surface area (Å²) in [4.78, 5) is 0. The maximum absolute atomic E-state index is 12.8. The maximum Gasteiger partial charge on any atom is 0.185 e. The first-order chi connectivity index (χ1) is 6.59. The van der Waals surface area contributed by atoms with E-state index in [4.69, 9.17) is 16.2 Å². The lowest BCUT2D eigenvalue weighted by Gasteiger charge is -2.04. The van der Waals surface area contributed by atoms with E-state index in [-0.39, 0.29) is 11.7 Å². The first-order valence-electron chi connectivity index (χ1n) is 4.15. The van der Waals surface area contributed by atoms with Gasteiger partial charge in [0.15, 0.2) is 17.5 Å². The van der Waals surface area contributed by atoms with Gasteiger partial charge in [-0.2, -0.15) is 0 Å². The minimum absolute atomic E-state index is 0.107. The van der Waals surface area contributed by atoms with E-state index in [1.54, 1.807) is 6.07 Å². The Morgan fingerprint density at radius 3 is 2.86 bits per heavy atom. The van der Waals surface area contributed by atoms with E-state index < -0.39 is 5.82 Å². The summed E-state index contributed by atoms with van der Waals surface area (Å²) in [6.45, 7) is 0.472. The van der Waals surface area contributed by atoms with Gasteiger partial charge in [-0.15, -0.1) is 0 Å². The van der Waals surface area contributed by atoms with E-state index in [2.05, 4.69) is 5.32 Å². The molecule has 4 nitrogen and oxygen atoms in total. The highest BCUT2D eigenvalue weighted by atomic mass is 18.2. The predicted octanol–water partition coefficient (Wildman–Crippen LogP) is 0.557. The van der Waals surface area contributed by atoms with Crippen LogP contribution in [0.3, 0.4) is 0 Å². The highest BCUT2D eigenvalue weighted by Crippen LogP contribution is 2.16. The van der Waals surface area contributed by atoms with Crippen molar-refractivity contribution in [2.24, 2.45) is 5.73 Å². The van der Waals surface area contributed by atoms with Crippen LogP contribution in [-0.2, 0) is 6.42 Å². The van der Waals surface area contributed by atoms with Crippen LogP contribution in [0.25, 0.3) is 0 Å². The average Bonchev–Trinajstić information content (AvgIpc) is 2.10. The van der Waals surface area contributed by atoms with Crippen molar-refractivity contribution in [2.75, 3.05) is 6.54 Å². The molecule has 14 heavy (non-hydrogen) atoms. The molecule has 0 aliphatic rings. The Balaban J connectivity index is 2.51. The van der Waals surface area contributed by atoms with Crippen molar-refractivity contribution < 1.29 is 9.50 Å². The third kappa shape index (κ3) is 2.93. The molecule has 1 rings (SSSR count). The largest absolute Gasteiger partial charge is 0.505 e. The summed E-state index contributed by atoms with van der Waals surface area (Å²) >= 11 is 0. The second-order valence-corrected chi connectivity index (χ2v) is 2.88. The molecule has 0 bridgehead atoms. The molecule has 0 spiro atoms. The lowest BCUT2D eigenvalue weighted by molar-refractivity contribution is 0.432. The summed E-state index contributed by atoms with van der Waals surface area (Å²) < 4.78 is 12.8. The summed E-state index contributed by atoms with van der Waals surface area (Å²) in [5, 5.41) is 18.4. The molecule has 0 aliphatic carbocycles. The van der Waals surface area contributed by atoms with E-state index in [1.807, 2.05) is 0 Å². The molecule has 1 aromatic carbocycles. The minimum Gasteiger partial charge on any atom is -0.505 e. The van der Waals surface area contributed by atoms with E-state index in [9.17, 15) is 4.39 Å². The lowest BCUT2D eigenvalue weighted by atomic mass is 10.1. The number of aromatic hydroxyl groups is 1. The molecule has 76 valence electrons. The van der Waals surface area contributed by atoms with Crippen molar-refractivity contribution in [1.82, 2.24) is 5.32 Å². The van der Waals surface area contributed by atoms with Gasteiger partial charge in [-0.05, 0) is 24.1 Å². The van der Waals surface area contributed by atoms with E-state index in [0.717, 1.165) is 5.56 Å². The highest BCUT2D eigenvalue weighted by molar-refractivity contribution is 5.74. The number of guanidine groups is 1. The Labute approximate surface area is 81.1 Å². The fraction of sp³-hybridized carbons (Fsp3) is 0.222. The van der Waals surface area contributed by atoms with Gasteiger partial charge in [-0.1, -0.05) is 6.07 Å². The molecule has 1 aromatic rings. The Kier molecular flexibility index (Phi) is 3.28. The van der Waals surface area contributed by atoms with Gasteiger partial charge < -0.3 is 16.2 Å². The van der Waals surface area contributed by atoms with E-state index in [0.29, 0.717) is 13.0 Å². The molecule has 0 fully saturated rings. The number of rotatable bonds is 3. The normalized spacial score (nSPS) is 9.79. The Morgan fingerprint density at radius 2 is 2.29 bits per heavy atom. The van der Waals surface area contributed by atoms with Gasteiger partial charge in [0, 0.05) is 6.54 Å². The van der Waals surface area contributed by atoms with E-state index in [1.165, 1.54) is 12.1 Å². The van der Waals surface area contributed by atoms with Crippen molar-refractivity contribution in [1.29, 1.82) is 5.41 Å². The van der Waals surface area contributed by atoms with E-state index >= 15 is 0 Å². The third-order valence-corrected chi connectivity index (χ3v) is 1.74. The number of halogens is 1. The highest BCUT2D eigenvalue weighted by Gasteiger charge is 2.01. The minimum atomic E-state index is -0.634. The van der Waals surface area contributed by atoms with Crippen LogP contribution in [0.1, 0.15) is 5.56 Å². The Bertz CT molecular complexity index is 341. The van der Waals surface area contributed by atoms with Crippen LogP contribution in [0.4, 0.5) is 4.39 Å². The third-order valence-electron chi connectivity index (χ3n) is 1.74. The van der Waals surface area contributed by atoms with Gasteiger partial charge in [-0.25, -0.2) is 4.39 Å². The first kappa shape index (κ1) is 10.3. The van der Waals surface area contributed by atoms with Gasteiger partial charge in [-0.3, -0.25) is 5.41 Å². The molecule has 5 heteroatoms. The number of hydrogen-bond donors (Lipinski definition) is 4. The molecule has 0 heterocycles. The van der Waals surface area contributed by atoms with Crippen molar-refractivity contribution >= 4 is 5.96 Å². The molecule has 5 N–H and O–H groups in total. The van der Waals surface area contributed by atoms with Crippen LogP contribution in [-0.4, -0.2) is 17.6 Å². The maximum atomic E-state index is 12.8. The average molecular weight is 196 g/mol. The number of nitrogens with one attached hydrogen (secondary N) is 2. The number of phenolic OH excluding ortho intramolecular Hbond substituents is 1. The van der Waals surface area contributed by atoms with Crippen molar-refractivity contribution in [3.63, 3.8) is 0 Å². The van der Waals surface area contributed by atoms with Crippen molar-refractivity contribution in [3.8, 4) is 5.75 Å². The van der Waals surface area contributed by atoms with Crippen LogP contribution in [0, 0.1) is 11.2 Å². The van der Waals surface area contributed by atoms with Gasteiger partial charge >= 0.3 is 0 Å². The van der Waals surface area contributed by atoms with Gasteiger partial charge in [0.05, 0.1) is 0 Å². The molecule has 0 saturated heterocycles. The lowest BCUT2D eigenvalue weighted by Crippen LogP contribution is -2.31. The zero-order valence-corrected chi connectivity index (χ0v) is 7.55. The first-order valence-corrected chi connectivity index (χ1v) is 4.15. The van der Waals surface area contributed by atoms with Crippen LogP contribution >= 0.6 is 0 Å². The second-order valence-electron chi connectivity index (χ2n) is 2.88. The summed E-state index contributed by atoms with van der Waals surface area (Å²) in [6.07, 6.45) is 0.552. The van der Waals surface area contributed by atoms with Crippen LogP contribution in [0.15, 0.2) is 18.2 Å². The van der Waals surface area contributed by atoms with Crippen LogP contribution in [0.2, 0.25) is 0 Å². The fourth-order valence-electron chi connectivity index (χ4n) is 1.05. The summed E-state index contributed by atoms with van der Waals surface area (Å²) in [6, 6.07) is 4.19. The zero-order chi connectivity index (χ0) is 10.6. The molecule has 0 unspecified atom stereocenters. The number of benzene rings is 1. The number of phenols is 1. The molecular weight excluding hydrogens is 184 g/mol. The smallest absolute Gasteiger partial charge is 0.185 e. The Hall–Kier alpha value is -1.78. The number of nitrogens with two attached hydrogens (primary N) is 1. The van der Waals surface area contributed by atoms with Gasteiger partial charge in [0.25, 0.3) is 0 Å². The van der Waals surface area contributed by atoms with Crippen molar-refractivity contribution in [3.05, 3.63) is 29.6 Å². The summed E-state index contributed by atoms with van der Waals surface area (Å²) in [5.41, 5.74) is 5.81. The fourth-order valence-corrected chi connectivity index (χ4v) is 1.05. The van der Waals surface area contributed by atoms with Crippen LogP contribution in [0.5, 0.6) is 5.75 Å². The topological polar surface area (TPSA) is 82.1 Å². The summed E-state index contributed by atoms with van der Waals surface area (Å²) in [5.74, 6) is -1.09. The quantitative estimate of drug-likeness (QED) is 0.421. The molecule has 0 atom stereocenters. The van der Waals surface area contributed by atoms with Crippen LogP contribution < -0.4 is 11.1 Å². The molecule has 0 radical (unpaired) electrons. The standard InChI is InChI=1S/C9H12FN3O/c10-7-5-6(1-2-8(7)14)3-4-13-9(11)12/h1-2,5,14H,3-4H2,(H4,11,12,13)/i10-1. The predicted molar refractivity (Wildman–Crippen MR) is 51.7 cm³/mol. The molecule has 0 aromatic heterocycles. The molecular formula is C9H12FN3O. The van der Waals surface area contributed by atoms with Gasteiger partial charge in [0.2, 0.25) is 0 Å². The monoisotopic (exact) mass is 196 g/mol. The zero-order valence-electron chi connectivity index (χ0n) is 7.55. The number of hydrogen-bond acceptors (Lipinski definition) is 2. The summed E-state index contributed by atoms with van der Waals surface area (Å²) in [7, 11) is 0. The second kappa shape index (κ2) is 4.45. The Morgan fingerprint density at radius 1 is 1.57 bits per heavy atom.